The minimum atomic E-state index is -0.350. The van der Waals surface area contributed by atoms with Gasteiger partial charge in [0.15, 0.2) is 12.4 Å². The predicted octanol–water partition coefficient (Wildman–Crippen LogP) is 3.09. The first-order chi connectivity index (χ1) is 9.25. The highest BCUT2D eigenvalue weighted by Gasteiger charge is 2.11. The van der Waals surface area contributed by atoms with Crippen LogP contribution in [0.15, 0.2) is 40.3 Å². The largest absolute Gasteiger partial charge is 0.461 e. The molecule has 2 aromatic heterocycles. The molecule has 2 heterocycles. The Hall–Kier alpha value is -1.88. The Morgan fingerprint density at radius 2 is 2.16 bits per heavy atom. The first-order valence-corrected chi connectivity index (χ1v) is 6.88. The monoisotopic (exact) mass is 278 g/mol. The Morgan fingerprint density at radius 1 is 1.26 bits per heavy atom. The van der Waals surface area contributed by atoms with Gasteiger partial charge >= 0.3 is 5.97 Å². The number of aryl methyl sites for hydroxylation is 1. The number of carbonyl (C=O) groups is 2. The fraction of sp³-hybridized carbons (Fsp3) is 0.286. The second-order valence-corrected chi connectivity index (χ2v) is 5.03. The van der Waals surface area contributed by atoms with Crippen LogP contribution in [-0.4, -0.2) is 18.4 Å². The van der Waals surface area contributed by atoms with Crippen molar-refractivity contribution < 1.29 is 18.7 Å². The number of carbonyl (C=O) groups excluding carboxylic acids is 2. The van der Waals surface area contributed by atoms with E-state index in [-0.39, 0.29) is 24.1 Å². The van der Waals surface area contributed by atoms with Crippen LogP contribution in [-0.2, 0) is 16.0 Å². The van der Waals surface area contributed by atoms with Gasteiger partial charge in [0.25, 0.3) is 0 Å². The maximum atomic E-state index is 11.5. The molecule has 0 spiro atoms. The van der Waals surface area contributed by atoms with Crippen LogP contribution >= 0.6 is 11.3 Å². The van der Waals surface area contributed by atoms with Crippen molar-refractivity contribution in [3.63, 3.8) is 0 Å². The van der Waals surface area contributed by atoms with Crippen LogP contribution in [0.3, 0.4) is 0 Å². The number of ketones is 1. The summed E-state index contributed by atoms with van der Waals surface area (Å²) < 4.78 is 9.82. The first-order valence-electron chi connectivity index (χ1n) is 6.00. The van der Waals surface area contributed by atoms with Gasteiger partial charge in [0, 0.05) is 11.3 Å². The molecule has 100 valence electrons. The van der Waals surface area contributed by atoms with Crippen molar-refractivity contribution in [2.24, 2.45) is 0 Å². The van der Waals surface area contributed by atoms with Gasteiger partial charge in [-0.3, -0.25) is 9.59 Å². The third-order valence-corrected chi connectivity index (χ3v) is 3.48. The zero-order valence-electron chi connectivity index (χ0n) is 10.3. The SMILES string of the molecule is O=C(CCCc1cccs1)OCC(=O)c1ccco1. The van der Waals surface area contributed by atoms with Crippen LogP contribution in [0, 0.1) is 0 Å². The summed E-state index contributed by atoms with van der Waals surface area (Å²) in [5.74, 6) is -0.459. The minimum Gasteiger partial charge on any atom is -0.461 e. The van der Waals surface area contributed by atoms with E-state index in [4.69, 9.17) is 9.15 Å². The molecule has 0 bridgehead atoms. The molecular formula is C14H14O4S. The molecule has 19 heavy (non-hydrogen) atoms. The number of hydrogen-bond acceptors (Lipinski definition) is 5. The molecule has 0 aromatic carbocycles. The van der Waals surface area contributed by atoms with Gasteiger partial charge in [0.05, 0.1) is 6.26 Å². The fourth-order valence-electron chi connectivity index (χ4n) is 1.59. The highest BCUT2D eigenvalue weighted by Crippen LogP contribution is 2.12. The molecule has 0 unspecified atom stereocenters. The highest BCUT2D eigenvalue weighted by molar-refractivity contribution is 7.09. The van der Waals surface area contributed by atoms with Crippen LogP contribution in [0.5, 0.6) is 0 Å². The van der Waals surface area contributed by atoms with Crippen LogP contribution < -0.4 is 0 Å². The van der Waals surface area contributed by atoms with Gasteiger partial charge < -0.3 is 9.15 Å². The fourth-order valence-corrected chi connectivity index (χ4v) is 2.34. The molecular weight excluding hydrogens is 264 g/mol. The Labute approximate surface area is 115 Å². The van der Waals surface area contributed by atoms with Crippen LogP contribution in [0.4, 0.5) is 0 Å². The minimum absolute atomic E-state index is 0.214. The van der Waals surface area contributed by atoms with Crippen molar-refractivity contribution in [3.05, 3.63) is 46.5 Å². The van der Waals surface area contributed by atoms with Gasteiger partial charge in [0.1, 0.15) is 0 Å². The molecule has 0 N–H and O–H groups in total. The van der Waals surface area contributed by atoms with Gasteiger partial charge in [0.2, 0.25) is 5.78 Å². The third-order valence-electron chi connectivity index (χ3n) is 2.54. The second kappa shape index (κ2) is 6.89. The van der Waals surface area contributed by atoms with Crippen molar-refractivity contribution >= 4 is 23.1 Å². The number of ether oxygens (including phenoxy) is 1. The third kappa shape index (κ3) is 4.37. The standard InChI is InChI=1S/C14H14O4S/c15-12(13-6-2-8-17-13)10-18-14(16)7-1-4-11-5-3-9-19-11/h2-3,5-6,8-9H,1,4,7,10H2. The molecule has 0 amide bonds. The van der Waals surface area contributed by atoms with Gasteiger partial charge in [-0.05, 0) is 36.4 Å². The number of hydrogen-bond donors (Lipinski definition) is 0. The zero-order chi connectivity index (χ0) is 13.5. The van der Waals surface area contributed by atoms with Gasteiger partial charge in [-0.1, -0.05) is 6.07 Å². The Morgan fingerprint density at radius 3 is 2.84 bits per heavy atom. The maximum Gasteiger partial charge on any atom is 0.306 e. The topological polar surface area (TPSA) is 56.5 Å². The van der Waals surface area contributed by atoms with Crippen molar-refractivity contribution in [2.45, 2.75) is 19.3 Å². The molecule has 2 aromatic rings. The van der Waals surface area contributed by atoms with E-state index in [0.717, 1.165) is 12.8 Å². The first kappa shape index (κ1) is 13.5. The number of esters is 1. The van der Waals surface area contributed by atoms with E-state index in [0.29, 0.717) is 6.42 Å². The van der Waals surface area contributed by atoms with Gasteiger partial charge in [-0.25, -0.2) is 0 Å². The summed E-state index contributed by atoms with van der Waals surface area (Å²) in [6, 6.07) is 7.19. The maximum absolute atomic E-state index is 11.5. The second-order valence-electron chi connectivity index (χ2n) is 3.99. The number of rotatable bonds is 7. The number of Topliss-reactive ketones (excluding diaryl/α,β-unsaturated/α-hetero) is 1. The average molecular weight is 278 g/mol. The van der Waals surface area contributed by atoms with Gasteiger partial charge in [-0.15, -0.1) is 11.3 Å². The summed E-state index contributed by atoms with van der Waals surface area (Å²) in [7, 11) is 0. The van der Waals surface area contributed by atoms with Crippen LogP contribution in [0.25, 0.3) is 0 Å². The van der Waals surface area contributed by atoms with E-state index in [2.05, 4.69) is 0 Å². The number of furan rings is 1. The van der Waals surface area contributed by atoms with E-state index in [1.807, 2.05) is 17.5 Å². The molecule has 0 aliphatic carbocycles. The highest BCUT2D eigenvalue weighted by atomic mass is 32.1. The Balaban J connectivity index is 1.63. The van der Waals surface area contributed by atoms with Crippen molar-refractivity contribution in [1.82, 2.24) is 0 Å². The predicted molar refractivity (Wildman–Crippen MR) is 71.3 cm³/mol. The molecule has 0 radical (unpaired) electrons. The zero-order valence-corrected chi connectivity index (χ0v) is 11.2. The average Bonchev–Trinajstić information content (AvgIpc) is 3.08. The molecule has 0 aliphatic rings. The normalized spacial score (nSPS) is 10.3. The van der Waals surface area contributed by atoms with Crippen molar-refractivity contribution in [2.75, 3.05) is 6.61 Å². The summed E-state index contributed by atoms with van der Waals surface area (Å²) in [6.07, 6.45) is 3.33. The lowest BCUT2D eigenvalue weighted by Crippen LogP contribution is -2.13. The van der Waals surface area contributed by atoms with Crippen LogP contribution in [0.1, 0.15) is 28.3 Å². The number of thiophene rings is 1. The van der Waals surface area contributed by atoms with Crippen molar-refractivity contribution in [1.29, 1.82) is 0 Å². The van der Waals surface area contributed by atoms with E-state index < -0.39 is 0 Å². The summed E-state index contributed by atoms with van der Waals surface area (Å²) in [4.78, 5) is 24.2. The van der Waals surface area contributed by atoms with E-state index >= 15 is 0 Å². The smallest absolute Gasteiger partial charge is 0.306 e. The molecule has 2 rings (SSSR count). The molecule has 0 saturated heterocycles. The molecule has 5 heteroatoms. The lowest BCUT2D eigenvalue weighted by atomic mass is 10.2. The van der Waals surface area contributed by atoms with Crippen molar-refractivity contribution in [3.8, 4) is 0 Å². The summed E-state index contributed by atoms with van der Waals surface area (Å²) >= 11 is 1.67. The lowest BCUT2D eigenvalue weighted by Gasteiger charge is -2.02. The summed E-state index contributed by atoms with van der Waals surface area (Å²) in [6.45, 7) is -0.259. The molecule has 0 aliphatic heterocycles. The summed E-state index contributed by atoms with van der Waals surface area (Å²) in [5.41, 5.74) is 0. The quantitative estimate of drug-likeness (QED) is 0.577. The van der Waals surface area contributed by atoms with E-state index in [1.54, 1.807) is 23.5 Å². The Bertz CT molecular complexity index is 514. The molecule has 0 fully saturated rings. The lowest BCUT2D eigenvalue weighted by molar-refractivity contribution is -0.142. The molecule has 0 atom stereocenters. The molecule has 0 saturated carbocycles. The van der Waals surface area contributed by atoms with E-state index in [1.165, 1.54) is 11.1 Å². The Kier molecular flexibility index (Phi) is 4.92. The van der Waals surface area contributed by atoms with Gasteiger partial charge in [-0.2, -0.15) is 0 Å². The van der Waals surface area contributed by atoms with Crippen LogP contribution in [0.2, 0.25) is 0 Å². The summed E-state index contributed by atoms with van der Waals surface area (Å²) in [5, 5.41) is 2.01. The molecule has 4 nitrogen and oxygen atoms in total. The van der Waals surface area contributed by atoms with E-state index in [9.17, 15) is 9.59 Å².